The molecule has 110 valence electrons. The Labute approximate surface area is 122 Å². The zero-order valence-electron chi connectivity index (χ0n) is 12.1. The molecule has 1 aromatic heterocycles. The summed E-state index contributed by atoms with van der Waals surface area (Å²) in [6, 6.07) is 8.74. The van der Waals surface area contributed by atoms with Crippen LogP contribution in [0.2, 0.25) is 0 Å². The van der Waals surface area contributed by atoms with Crippen molar-refractivity contribution >= 4 is 16.8 Å². The van der Waals surface area contributed by atoms with E-state index in [0.29, 0.717) is 24.2 Å². The van der Waals surface area contributed by atoms with E-state index in [9.17, 15) is 9.59 Å². The molecule has 1 saturated heterocycles. The van der Waals surface area contributed by atoms with E-state index < -0.39 is 0 Å². The van der Waals surface area contributed by atoms with Crippen LogP contribution in [-0.2, 0) is 4.74 Å². The number of rotatable bonds is 1. The van der Waals surface area contributed by atoms with E-state index in [-0.39, 0.29) is 23.7 Å². The first kappa shape index (κ1) is 13.8. The highest BCUT2D eigenvalue weighted by atomic mass is 16.5. The average Bonchev–Trinajstić information content (AvgIpc) is 2.44. The van der Waals surface area contributed by atoms with E-state index in [1.54, 1.807) is 11.0 Å². The summed E-state index contributed by atoms with van der Waals surface area (Å²) in [5.41, 5.74) is 0.879. The number of H-pyrrole nitrogens is 1. The molecule has 0 spiro atoms. The summed E-state index contributed by atoms with van der Waals surface area (Å²) in [5.74, 6) is -0.112. The van der Waals surface area contributed by atoms with E-state index in [1.165, 1.54) is 6.07 Å². The lowest BCUT2D eigenvalue weighted by Gasteiger charge is -2.35. The predicted octanol–water partition coefficient (Wildman–Crippen LogP) is 1.78. The number of nitrogens with zero attached hydrogens (tertiary/aromatic N) is 1. The van der Waals surface area contributed by atoms with E-state index >= 15 is 0 Å². The number of amides is 1. The molecular weight excluding hydrogens is 268 g/mol. The molecule has 21 heavy (non-hydrogen) atoms. The number of benzene rings is 1. The number of fused-ring (bicyclic) bond motifs is 1. The molecule has 2 aromatic rings. The molecule has 0 radical (unpaired) electrons. The summed E-state index contributed by atoms with van der Waals surface area (Å²) in [6.07, 6.45) is 0.0110. The van der Waals surface area contributed by atoms with Crippen LogP contribution in [0.15, 0.2) is 35.1 Å². The SMILES string of the molecule is C[C@H]1CN(C(=O)c2cc(=O)[nH]c3ccccc23)C[C@H](C)O1. The lowest BCUT2D eigenvalue weighted by Crippen LogP contribution is -2.48. The molecule has 2 atom stereocenters. The molecule has 1 aliphatic rings. The van der Waals surface area contributed by atoms with Crippen LogP contribution in [0.1, 0.15) is 24.2 Å². The first-order chi connectivity index (χ1) is 10.0. The van der Waals surface area contributed by atoms with Gasteiger partial charge in [-0.1, -0.05) is 18.2 Å². The molecule has 1 aromatic carbocycles. The summed E-state index contributed by atoms with van der Waals surface area (Å²) in [5, 5.41) is 0.772. The first-order valence-corrected chi connectivity index (χ1v) is 7.11. The van der Waals surface area contributed by atoms with Gasteiger partial charge in [-0.25, -0.2) is 0 Å². The van der Waals surface area contributed by atoms with Gasteiger partial charge in [0.2, 0.25) is 5.56 Å². The number of ether oxygens (including phenoxy) is 1. The number of nitrogens with one attached hydrogen (secondary N) is 1. The van der Waals surface area contributed by atoms with Crippen molar-refractivity contribution in [2.24, 2.45) is 0 Å². The Morgan fingerprint density at radius 2 is 1.90 bits per heavy atom. The Balaban J connectivity index is 2.03. The molecule has 0 bridgehead atoms. The van der Waals surface area contributed by atoms with Gasteiger partial charge >= 0.3 is 0 Å². The van der Waals surface area contributed by atoms with Crippen LogP contribution in [0.5, 0.6) is 0 Å². The number of pyridine rings is 1. The average molecular weight is 286 g/mol. The van der Waals surface area contributed by atoms with Crippen molar-refractivity contribution in [3.63, 3.8) is 0 Å². The molecule has 5 nitrogen and oxygen atoms in total. The Kier molecular flexibility index (Phi) is 3.51. The second-order valence-corrected chi connectivity index (χ2v) is 5.56. The fourth-order valence-electron chi connectivity index (χ4n) is 2.90. The van der Waals surface area contributed by atoms with Crippen LogP contribution >= 0.6 is 0 Å². The maximum atomic E-state index is 12.8. The third-order valence-electron chi connectivity index (χ3n) is 3.69. The number of aromatic nitrogens is 1. The Morgan fingerprint density at radius 1 is 1.24 bits per heavy atom. The van der Waals surface area contributed by atoms with E-state index in [4.69, 9.17) is 4.74 Å². The molecule has 1 amide bonds. The van der Waals surface area contributed by atoms with Gasteiger partial charge in [-0.3, -0.25) is 9.59 Å². The Bertz CT molecular complexity index is 728. The summed E-state index contributed by atoms with van der Waals surface area (Å²) in [7, 11) is 0. The monoisotopic (exact) mass is 286 g/mol. The molecule has 3 rings (SSSR count). The third kappa shape index (κ3) is 2.69. The van der Waals surface area contributed by atoms with Crippen LogP contribution in [-0.4, -0.2) is 41.1 Å². The lowest BCUT2D eigenvalue weighted by molar-refractivity contribution is -0.0585. The number of morpholine rings is 1. The minimum Gasteiger partial charge on any atom is -0.372 e. The number of hydrogen-bond acceptors (Lipinski definition) is 3. The summed E-state index contributed by atoms with van der Waals surface area (Å²) >= 11 is 0. The number of hydrogen-bond donors (Lipinski definition) is 1. The van der Waals surface area contributed by atoms with E-state index in [0.717, 1.165) is 5.39 Å². The fraction of sp³-hybridized carbons (Fsp3) is 0.375. The molecule has 1 fully saturated rings. The summed E-state index contributed by atoms with van der Waals surface area (Å²) < 4.78 is 5.65. The van der Waals surface area contributed by atoms with Gasteiger partial charge < -0.3 is 14.6 Å². The highest BCUT2D eigenvalue weighted by Gasteiger charge is 2.27. The number of para-hydroxylation sites is 1. The van der Waals surface area contributed by atoms with Gasteiger partial charge in [-0.15, -0.1) is 0 Å². The van der Waals surface area contributed by atoms with Crippen molar-refractivity contribution in [1.82, 2.24) is 9.88 Å². The van der Waals surface area contributed by atoms with Gasteiger partial charge in [0.05, 0.1) is 17.8 Å². The van der Waals surface area contributed by atoms with Crippen LogP contribution in [0.4, 0.5) is 0 Å². The molecule has 1 aliphatic heterocycles. The van der Waals surface area contributed by atoms with Gasteiger partial charge in [-0.05, 0) is 19.9 Å². The third-order valence-corrected chi connectivity index (χ3v) is 3.69. The standard InChI is InChI=1S/C16H18N2O3/c1-10-8-18(9-11(2)21-10)16(20)13-7-15(19)17-14-6-4-3-5-12(13)14/h3-7,10-11H,8-9H2,1-2H3,(H,17,19)/t10-,11-/m0/s1. The van der Waals surface area contributed by atoms with Crippen LogP contribution in [0, 0.1) is 0 Å². The minimum absolute atomic E-state index is 0.00552. The molecule has 2 heterocycles. The minimum atomic E-state index is -0.258. The second-order valence-electron chi connectivity index (χ2n) is 5.56. The van der Waals surface area contributed by atoms with Gasteiger partial charge in [0.15, 0.2) is 0 Å². The zero-order valence-corrected chi connectivity index (χ0v) is 12.1. The van der Waals surface area contributed by atoms with Crippen LogP contribution in [0.3, 0.4) is 0 Å². The van der Waals surface area contributed by atoms with Gasteiger partial charge in [0.1, 0.15) is 0 Å². The quantitative estimate of drug-likeness (QED) is 0.869. The first-order valence-electron chi connectivity index (χ1n) is 7.11. The zero-order chi connectivity index (χ0) is 15.0. The molecule has 0 unspecified atom stereocenters. The normalized spacial score (nSPS) is 22.5. The van der Waals surface area contributed by atoms with Crippen LogP contribution < -0.4 is 5.56 Å². The highest BCUT2D eigenvalue weighted by molar-refractivity contribution is 6.06. The van der Waals surface area contributed by atoms with Crippen molar-refractivity contribution in [3.8, 4) is 0 Å². The Morgan fingerprint density at radius 3 is 2.62 bits per heavy atom. The van der Waals surface area contributed by atoms with Crippen molar-refractivity contribution in [2.75, 3.05) is 13.1 Å². The largest absolute Gasteiger partial charge is 0.372 e. The van der Waals surface area contributed by atoms with Crippen molar-refractivity contribution in [1.29, 1.82) is 0 Å². The fourth-order valence-corrected chi connectivity index (χ4v) is 2.90. The molecule has 5 heteroatoms. The van der Waals surface area contributed by atoms with Crippen molar-refractivity contribution in [2.45, 2.75) is 26.1 Å². The second kappa shape index (κ2) is 5.33. The van der Waals surface area contributed by atoms with Gasteiger partial charge in [-0.2, -0.15) is 0 Å². The molecular formula is C16H18N2O3. The van der Waals surface area contributed by atoms with Gasteiger partial charge in [0, 0.05) is 30.1 Å². The Hall–Kier alpha value is -2.14. The topological polar surface area (TPSA) is 62.4 Å². The van der Waals surface area contributed by atoms with E-state index in [1.807, 2.05) is 32.0 Å². The lowest BCUT2D eigenvalue weighted by atomic mass is 10.1. The van der Waals surface area contributed by atoms with Crippen molar-refractivity contribution in [3.05, 3.63) is 46.2 Å². The predicted molar refractivity (Wildman–Crippen MR) is 80.5 cm³/mol. The summed E-state index contributed by atoms with van der Waals surface area (Å²) in [4.78, 5) is 29.1. The number of aromatic amines is 1. The number of carbonyl (C=O) groups is 1. The molecule has 0 aliphatic carbocycles. The maximum absolute atomic E-state index is 12.8. The molecule has 0 saturated carbocycles. The molecule has 1 N–H and O–H groups in total. The van der Waals surface area contributed by atoms with E-state index in [2.05, 4.69) is 4.98 Å². The summed E-state index contributed by atoms with van der Waals surface area (Å²) in [6.45, 7) is 4.99. The number of carbonyl (C=O) groups excluding carboxylic acids is 1. The van der Waals surface area contributed by atoms with Crippen LogP contribution in [0.25, 0.3) is 10.9 Å². The van der Waals surface area contributed by atoms with Gasteiger partial charge in [0.25, 0.3) is 5.91 Å². The maximum Gasteiger partial charge on any atom is 0.254 e. The highest BCUT2D eigenvalue weighted by Crippen LogP contribution is 2.19. The van der Waals surface area contributed by atoms with Crippen molar-refractivity contribution < 1.29 is 9.53 Å². The smallest absolute Gasteiger partial charge is 0.254 e.